The van der Waals surface area contributed by atoms with Gasteiger partial charge in [0.2, 0.25) is 0 Å². The lowest BCUT2D eigenvalue weighted by Crippen LogP contribution is -2.59. The fraction of sp³-hybridized carbons (Fsp3) is 0.375. The van der Waals surface area contributed by atoms with Gasteiger partial charge in [-0.3, -0.25) is 0 Å². The van der Waals surface area contributed by atoms with Gasteiger partial charge in [0, 0.05) is 16.1 Å². The van der Waals surface area contributed by atoms with Gasteiger partial charge in [-0.15, -0.1) is 11.3 Å². The Morgan fingerprint density at radius 2 is 2.08 bits per heavy atom. The van der Waals surface area contributed by atoms with E-state index in [1.807, 2.05) is 0 Å². The second kappa shape index (κ2) is 7.06. The predicted molar refractivity (Wildman–Crippen MR) is 98.6 cm³/mol. The standard InChI is InChI=1S/C16H18ClFN2O4S2/c1-9-11(15(21)19-10-3-4-13(18)12(17)5-10)6-14(25-9)26(22,23)20-16(2)7-24-8-16/h3-6,15,19-21H,7-8H2,1-2H3. The van der Waals surface area contributed by atoms with E-state index in [1.165, 1.54) is 24.3 Å². The number of hydrogen-bond acceptors (Lipinski definition) is 6. The molecule has 0 spiro atoms. The highest BCUT2D eigenvalue weighted by Crippen LogP contribution is 2.32. The Morgan fingerprint density at radius 3 is 2.65 bits per heavy atom. The molecule has 1 aromatic carbocycles. The summed E-state index contributed by atoms with van der Waals surface area (Å²) in [5.41, 5.74) is 0.223. The largest absolute Gasteiger partial charge is 0.377 e. The number of rotatable bonds is 6. The highest BCUT2D eigenvalue weighted by Gasteiger charge is 2.38. The topological polar surface area (TPSA) is 87.7 Å². The molecule has 0 aliphatic carbocycles. The van der Waals surface area contributed by atoms with Crippen molar-refractivity contribution >= 4 is 38.6 Å². The number of anilines is 1. The van der Waals surface area contributed by atoms with E-state index >= 15 is 0 Å². The summed E-state index contributed by atoms with van der Waals surface area (Å²) >= 11 is 6.79. The maximum Gasteiger partial charge on any atom is 0.250 e. The number of nitrogens with one attached hydrogen (secondary N) is 2. The molecule has 1 aliphatic heterocycles. The summed E-state index contributed by atoms with van der Waals surface area (Å²) in [5.74, 6) is -0.564. The van der Waals surface area contributed by atoms with E-state index in [0.29, 0.717) is 29.3 Å². The van der Waals surface area contributed by atoms with Gasteiger partial charge in [-0.1, -0.05) is 11.6 Å². The molecule has 1 saturated heterocycles. The molecule has 0 radical (unpaired) electrons. The fourth-order valence-electron chi connectivity index (χ4n) is 2.54. The molecule has 26 heavy (non-hydrogen) atoms. The molecule has 142 valence electrons. The molecule has 2 aromatic rings. The summed E-state index contributed by atoms with van der Waals surface area (Å²) in [7, 11) is -3.72. The molecule has 0 bridgehead atoms. The van der Waals surface area contributed by atoms with Gasteiger partial charge >= 0.3 is 0 Å². The lowest BCUT2D eigenvalue weighted by molar-refractivity contribution is -0.0523. The molecule has 1 fully saturated rings. The summed E-state index contributed by atoms with van der Waals surface area (Å²) in [4.78, 5) is 0.647. The number of halogens is 2. The number of sulfonamides is 1. The van der Waals surface area contributed by atoms with Crippen LogP contribution in [-0.2, 0) is 14.8 Å². The van der Waals surface area contributed by atoms with Crippen molar-refractivity contribution in [2.75, 3.05) is 18.5 Å². The lowest BCUT2D eigenvalue weighted by atomic mass is 10.0. The van der Waals surface area contributed by atoms with Crippen LogP contribution in [0.1, 0.15) is 23.6 Å². The first-order valence-electron chi connectivity index (χ1n) is 7.71. The van der Waals surface area contributed by atoms with Crippen molar-refractivity contribution in [2.45, 2.75) is 29.8 Å². The Hall–Kier alpha value is -1.23. The van der Waals surface area contributed by atoms with Crippen molar-refractivity contribution in [1.29, 1.82) is 0 Å². The van der Waals surface area contributed by atoms with Gasteiger partial charge < -0.3 is 15.2 Å². The number of aliphatic hydroxyl groups excluding tert-OH is 1. The van der Waals surface area contributed by atoms with Crippen molar-refractivity contribution < 1.29 is 22.7 Å². The van der Waals surface area contributed by atoms with E-state index in [9.17, 15) is 17.9 Å². The van der Waals surface area contributed by atoms with Crippen LogP contribution in [0.5, 0.6) is 0 Å². The van der Waals surface area contributed by atoms with Crippen molar-refractivity contribution in [2.24, 2.45) is 0 Å². The van der Waals surface area contributed by atoms with Crippen LogP contribution < -0.4 is 10.0 Å². The maximum absolute atomic E-state index is 13.2. The molecule has 0 saturated carbocycles. The third-order valence-electron chi connectivity index (χ3n) is 3.94. The second-order valence-electron chi connectivity index (χ2n) is 6.41. The Kier molecular flexibility index (Phi) is 5.31. The van der Waals surface area contributed by atoms with E-state index < -0.39 is 27.6 Å². The molecule has 1 aliphatic rings. The first-order chi connectivity index (χ1) is 12.1. The highest BCUT2D eigenvalue weighted by atomic mass is 35.5. The molecular weight excluding hydrogens is 403 g/mol. The van der Waals surface area contributed by atoms with Crippen LogP contribution in [0.4, 0.5) is 10.1 Å². The molecule has 10 heteroatoms. The number of ether oxygens (including phenoxy) is 1. The number of aliphatic hydroxyl groups is 1. The van der Waals surface area contributed by atoms with Crippen molar-refractivity contribution in [3.63, 3.8) is 0 Å². The summed E-state index contributed by atoms with van der Waals surface area (Å²) in [6.07, 6.45) is -1.17. The Morgan fingerprint density at radius 1 is 1.38 bits per heavy atom. The normalized spacial score (nSPS) is 17.6. The average Bonchev–Trinajstić information content (AvgIpc) is 2.92. The van der Waals surface area contributed by atoms with E-state index in [0.717, 1.165) is 11.3 Å². The van der Waals surface area contributed by atoms with Crippen LogP contribution in [0.25, 0.3) is 0 Å². The van der Waals surface area contributed by atoms with Gasteiger partial charge in [-0.05, 0) is 38.1 Å². The lowest BCUT2D eigenvalue weighted by Gasteiger charge is -2.37. The number of hydrogen-bond donors (Lipinski definition) is 3. The van der Waals surface area contributed by atoms with Crippen LogP contribution in [0, 0.1) is 12.7 Å². The molecule has 1 atom stereocenters. The highest BCUT2D eigenvalue weighted by molar-refractivity contribution is 7.91. The van der Waals surface area contributed by atoms with Gasteiger partial charge in [0.15, 0.2) is 6.23 Å². The molecular formula is C16H18ClFN2O4S2. The quantitative estimate of drug-likeness (QED) is 0.625. The van der Waals surface area contributed by atoms with Crippen molar-refractivity contribution in [1.82, 2.24) is 4.72 Å². The zero-order valence-corrected chi connectivity index (χ0v) is 16.4. The number of aryl methyl sites for hydroxylation is 1. The van der Waals surface area contributed by atoms with Crippen LogP contribution >= 0.6 is 22.9 Å². The first-order valence-corrected chi connectivity index (χ1v) is 10.4. The number of thiophene rings is 1. The Bertz CT molecular complexity index is 928. The molecule has 1 aromatic heterocycles. The van der Waals surface area contributed by atoms with Crippen LogP contribution in [0.15, 0.2) is 28.5 Å². The predicted octanol–water partition coefficient (Wildman–Crippen LogP) is 3.02. The summed E-state index contributed by atoms with van der Waals surface area (Å²) in [6.45, 7) is 4.12. The fourth-order valence-corrected chi connectivity index (χ4v) is 5.58. The van der Waals surface area contributed by atoms with Gasteiger partial charge in [-0.2, -0.15) is 4.72 Å². The zero-order valence-electron chi connectivity index (χ0n) is 14.0. The second-order valence-corrected chi connectivity index (χ2v) is 9.98. The first kappa shape index (κ1) is 19.5. The molecule has 6 nitrogen and oxygen atoms in total. The molecule has 1 unspecified atom stereocenters. The van der Waals surface area contributed by atoms with Crippen LogP contribution in [0.2, 0.25) is 5.02 Å². The van der Waals surface area contributed by atoms with E-state index in [2.05, 4.69) is 10.0 Å². The van der Waals surface area contributed by atoms with Gasteiger partial charge in [0.25, 0.3) is 10.0 Å². The summed E-state index contributed by atoms with van der Waals surface area (Å²) in [6, 6.07) is 5.38. The van der Waals surface area contributed by atoms with E-state index in [4.69, 9.17) is 16.3 Å². The molecule has 0 amide bonds. The minimum absolute atomic E-state index is 0.0762. The van der Waals surface area contributed by atoms with E-state index in [-0.39, 0.29) is 9.23 Å². The third kappa shape index (κ3) is 4.03. The van der Waals surface area contributed by atoms with Gasteiger partial charge in [-0.25, -0.2) is 12.8 Å². The van der Waals surface area contributed by atoms with Gasteiger partial charge in [0.05, 0.1) is 23.8 Å². The van der Waals surface area contributed by atoms with Crippen LogP contribution in [0.3, 0.4) is 0 Å². The SMILES string of the molecule is Cc1sc(S(=O)(=O)NC2(C)COC2)cc1C(O)Nc1ccc(F)c(Cl)c1. The third-order valence-corrected chi connectivity index (χ3v) is 7.41. The van der Waals surface area contributed by atoms with Crippen molar-refractivity contribution in [3.05, 3.63) is 45.5 Å². The Labute approximate surface area is 160 Å². The molecule has 3 rings (SSSR count). The smallest absolute Gasteiger partial charge is 0.250 e. The monoisotopic (exact) mass is 420 g/mol. The van der Waals surface area contributed by atoms with Crippen molar-refractivity contribution in [3.8, 4) is 0 Å². The maximum atomic E-state index is 13.2. The minimum atomic E-state index is -3.72. The summed E-state index contributed by atoms with van der Waals surface area (Å²) < 4.78 is 46.1. The average molecular weight is 421 g/mol. The minimum Gasteiger partial charge on any atom is -0.377 e. The summed E-state index contributed by atoms with van der Waals surface area (Å²) in [5, 5.41) is 13.1. The number of benzene rings is 1. The van der Waals surface area contributed by atoms with E-state index in [1.54, 1.807) is 13.8 Å². The molecule has 2 heterocycles. The Balaban J connectivity index is 1.79. The van der Waals surface area contributed by atoms with Gasteiger partial charge in [0.1, 0.15) is 10.0 Å². The van der Waals surface area contributed by atoms with Crippen LogP contribution in [-0.4, -0.2) is 32.3 Å². The zero-order chi connectivity index (χ0) is 19.1. The molecule has 3 N–H and O–H groups in total.